The summed E-state index contributed by atoms with van der Waals surface area (Å²) < 4.78 is 11.0. The largest absolute Gasteiger partial charge is 0.423 e. The van der Waals surface area contributed by atoms with Crippen molar-refractivity contribution in [1.29, 1.82) is 0 Å². The zero-order valence-electron chi connectivity index (χ0n) is 22.4. The fourth-order valence-electron chi connectivity index (χ4n) is 3.72. The number of thioether (sulfide) groups is 2. The Hall–Kier alpha value is -2.70. The van der Waals surface area contributed by atoms with Crippen molar-refractivity contribution in [2.45, 2.75) is 75.0 Å². The predicted octanol–water partition coefficient (Wildman–Crippen LogP) is 9.47. The molecule has 4 nitrogen and oxygen atoms in total. The molecule has 0 N–H and O–H groups in total. The van der Waals surface area contributed by atoms with Crippen LogP contribution in [0.4, 0.5) is 0 Å². The molecule has 0 saturated heterocycles. The van der Waals surface area contributed by atoms with E-state index in [4.69, 9.17) is 9.47 Å². The van der Waals surface area contributed by atoms with Crippen LogP contribution in [-0.4, -0.2) is 23.4 Å². The van der Waals surface area contributed by atoms with Crippen molar-refractivity contribution in [3.63, 3.8) is 0 Å². The first-order chi connectivity index (χ1) is 18.6. The van der Waals surface area contributed by atoms with E-state index in [-0.39, 0.29) is 0 Å². The molecule has 3 rings (SSSR count). The summed E-state index contributed by atoms with van der Waals surface area (Å²) in [4.78, 5) is 27.4. The molecule has 0 atom stereocenters. The van der Waals surface area contributed by atoms with Gasteiger partial charge in [-0.05, 0) is 97.1 Å². The second-order valence-electron chi connectivity index (χ2n) is 9.12. The Bertz CT molecular complexity index is 1020. The van der Waals surface area contributed by atoms with Crippen LogP contribution in [0.25, 0.3) is 0 Å². The van der Waals surface area contributed by atoms with Crippen molar-refractivity contribution in [3.05, 3.63) is 83.9 Å². The summed E-state index contributed by atoms with van der Waals surface area (Å²) in [7, 11) is 0. The second kappa shape index (κ2) is 17.0. The summed E-state index contributed by atoms with van der Waals surface area (Å²) in [6.07, 6.45) is 9.97. The number of rotatable bonds is 16. The number of benzene rings is 3. The van der Waals surface area contributed by atoms with Gasteiger partial charge in [0.05, 0.1) is 11.1 Å². The normalized spacial score (nSPS) is 10.8. The molecule has 3 aromatic carbocycles. The molecule has 0 saturated carbocycles. The third-order valence-electron chi connectivity index (χ3n) is 5.96. The Kier molecular flexibility index (Phi) is 13.4. The van der Waals surface area contributed by atoms with E-state index in [1.165, 1.54) is 51.4 Å². The topological polar surface area (TPSA) is 52.6 Å². The maximum absolute atomic E-state index is 12.5. The molecule has 0 spiro atoms. The van der Waals surface area contributed by atoms with E-state index in [0.717, 1.165) is 21.3 Å². The molecule has 38 heavy (non-hydrogen) atoms. The molecule has 0 bridgehead atoms. The van der Waals surface area contributed by atoms with E-state index in [2.05, 4.69) is 13.8 Å². The maximum Gasteiger partial charge on any atom is 0.343 e. The van der Waals surface area contributed by atoms with E-state index in [0.29, 0.717) is 22.6 Å². The van der Waals surface area contributed by atoms with Gasteiger partial charge >= 0.3 is 11.9 Å². The number of carbonyl (C=O) groups is 2. The van der Waals surface area contributed by atoms with Gasteiger partial charge in [0.2, 0.25) is 0 Å². The summed E-state index contributed by atoms with van der Waals surface area (Å²) in [5.74, 6) is 2.12. The number of hydrogen-bond donors (Lipinski definition) is 0. The monoisotopic (exact) mass is 550 g/mol. The van der Waals surface area contributed by atoms with Crippen molar-refractivity contribution < 1.29 is 19.1 Å². The number of unbranched alkanes of at least 4 members (excludes halogenated alkanes) is 6. The number of hydrogen-bond acceptors (Lipinski definition) is 6. The van der Waals surface area contributed by atoms with Gasteiger partial charge in [-0.15, -0.1) is 23.5 Å². The van der Waals surface area contributed by atoms with E-state index in [1.54, 1.807) is 48.5 Å². The third kappa shape index (κ3) is 10.6. The zero-order valence-corrected chi connectivity index (χ0v) is 24.1. The Morgan fingerprint density at radius 3 is 1.24 bits per heavy atom. The van der Waals surface area contributed by atoms with Crippen molar-refractivity contribution in [2.24, 2.45) is 0 Å². The summed E-state index contributed by atoms with van der Waals surface area (Å²) in [6.45, 7) is 4.43. The molecule has 202 valence electrons. The molecule has 0 aliphatic rings. The first-order valence-corrected chi connectivity index (χ1v) is 15.6. The molecule has 0 aromatic heterocycles. The maximum atomic E-state index is 12.5. The quantitative estimate of drug-likeness (QED) is 0.0766. The smallest absolute Gasteiger partial charge is 0.343 e. The first-order valence-electron chi connectivity index (χ1n) is 13.6. The highest BCUT2D eigenvalue weighted by atomic mass is 32.2. The minimum absolute atomic E-state index is 0.393. The molecule has 0 aliphatic heterocycles. The molecular formula is C32H38O4S2. The lowest BCUT2D eigenvalue weighted by molar-refractivity contribution is 0.0719. The highest BCUT2D eigenvalue weighted by Gasteiger charge is 2.11. The van der Waals surface area contributed by atoms with Gasteiger partial charge in [0.1, 0.15) is 11.5 Å². The standard InChI is InChI=1S/C32H38O4S2/c1-3-5-7-9-23-37-29-19-11-25(12-20-29)31(33)35-27-15-17-28(18-16-27)36-32(34)26-13-21-30(22-14-26)38-24-10-8-6-4-2/h11-22H,3-10,23-24H2,1-2H3. The molecule has 0 fully saturated rings. The summed E-state index contributed by atoms with van der Waals surface area (Å²) in [5, 5.41) is 0. The van der Waals surface area contributed by atoms with Crippen LogP contribution in [0.5, 0.6) is 11.5 Å². The second-order valence-corrected chi connectivity index (χ2v) is 11.5. The van der Waals surface area contributed by atoms with Crippen LogP contribution < -0.4 is 9.47 Å². The summed E-state index contributed by atoms with van der Waals surface area (Å²) >= 11 is 3.62. The van der Waals surface area contributed by atoms with Crippen molar-refractivity contribution >= 4 is 35.5 Å². The van der Waals surface area contributed by atoms with Crippen LogP contribution in [0.1, 0.15) is 85.9 Å². The van der Waals surface area contributed by atoms with Gasteiger partial charge in [-0.25, -0.2) is 9.59 Å². The van der Waals surface area contributed by atoms with Gasteiger partial charge in [-0.1, -0.05) is 52.4 Å². The molecule has 0 unspecified atom stereocenters. The fourth-order valence-corrected chi connectivity index (χ4v) is 5.55. The van der Waals surface area contributed by atoms with Gasteiger partial charge in [-0.2, -0.15) is 0 Å². The van der Waals surface area contributed by atoms with Crippen LogP contribution in [0.3, 0.4) is 0 Å². The highest BCUT2D eigenvalue weighted by molar-refractivity contribution is 7.99. The lowest BCUT2D eigenvalue weighted by Gasteiger charge is -2.08. The van der Waals surface area contributed by atoms with E-state index in [1.807, 2.05) is 47.8 Å². The molecule has 0 amide bonds. The minimum Gasteiger partial charge on any atom is -0.423 e. The van der Waals surface area contributed by atoms with Crippen LogP contribution in [-0.2, 0) is 0 Å². The number of esters is 2. The van der Waals surface area contributed by atoms with Gasteiger partial charge in [0, 0.05) is 9.79 Å². The SMILES string of the molecule is CCCCCCSc1ccc(C(=O)Oc2ccc(OC(=O)c3ccc(SCCCCCC)cc3)cc2)cc1. The molecular weight excluding hydrogens is 512 g/mol. The van der Waals surface area contributed by atoms with Crippen molar-refractivity contribution in [3.8, 4) is 11.5 Å². The van der Waals surface area contributed by atoms with E-state index < -0.39 is 11.9 Å². The Balaban J connectivity index is 1.43. The zero-order chi connectivity index (χ0) is 27.0. The molecule has 3 aromatic rings. The lowest BCUT2D eigenvalue weighted by Crippen LogP contribution is -2.09. The van der Waals surface area contributed by atoms with Crippen LogP contribution >= 0.6 is 23.5 Å². The van der Waals surface area contributed by atoms with Gasteiger partial charge in [0.25, 0.3) is 0 Å². The van der Waals surface area contributed by atoms with Crippen LogP contribution in [0.15, 0.2) is 82.6 Å². The van der Waals surface area contributed by atoms with Crippen LogP contribution in [0, 0.1) is 0 Å². The molecule has 0 radical (unpaired) electrons. The van der Waals surface area contributed by atoms with Crippen molar-refractivity contribution in [2.75, 3.05) is 11.5 Å². The predicted molar refractivity (Wildman–Crippen MR) is 159 cm³/mol. The number of ether oxygens (including phenoxy) is 2. The average Bonchev–Trinajstić information content (AvgIpc) is 2.94. The molecule has 0 heterocycles. The molecule has 0 aliphatic carbocycles. The average molecular weight is 551 g/mol. The Morgan fingerprint density at radius 1 is 0.526 bits per heavy atom. The Morgan fingerprint density at radius 2 is 0.895 bits per heavy atom. The van der Waals surface area contributed by atoms with E-state index in [9.17, 15) is 9.59 Å². The lowest BCUT2D eigenvalue weighted by atomic mass is 10.2. The fraction of sp³-hybridized carbons (Fsp3) is 0.375. The number of carbonyl (C=O) groups excluding carboxylic acids is 2. The Labute approximate surface area is 235 Å². The van der Waals surface area contributed by atoms with Gasteiger partial charge in [0.15, 0.2) is 0 Å². The summed E-state index contributed by atoms with van der Waals surface area (Å²) in [6, 6.07) is 21.5. The highest BCUT2D eigenvalue weighted by Crippen LogP contribution is 2.24. The minimum atomic E-state index is -0.419. The summed E-state index contributed by atoms with van der Waals surface area (Å²) in [5.41, 5.74) is 0.997. The first kappa shape index (κ1) is 29.9. The van der Waals surface area contributed by atoms with Gasteiger partial charge in [-0.3, -0.25) is 0 Å². The van der Waals surface area contributed by atoms with Gasteiger partial charge < -0.3 is 9.47 Å². The van der Waals surface area contributed by atoms with Crippen molar-refractivity contribution in [1.82, 2.24) is 0 Å². The molecule has 6 heteroatoms. The van der Waals surface area contributed by atoms with Crippen LogP contribution in [0.2, 0.25) is 0 Å². The third-order valence-corrected chi connectivity index (χ3v) is 8.15. The van der Waals surface area contributed by atoms with E-state index >= 15 is 0 Å².